The highest BCUT2D eigenvalue weighted by Gasteiger charge is 2.30. The first-order valence-corrected chi connectivity index (χ1v) is 11.9. The van der Waals surface area contributed by atoms with E-state index in [0.29, 0.717) is 28.8 Å². The molecule has 2 aromatic rings. The van der Waals surface area contributed by atoms with E-state index >= 15 is 0 Å². The van der Waals surface area contributed by atoms with E-state index in [2.05, 4.69) is 5.32 Å². The van der Waals surface area contributed by atoms with Gasteiger partial charge in [0.2, 0.25) is 5.91 Å². The lowest BCUT2D eigenvalue weighted by atomic mass is 9.95. The summed E-state index contributed by atoms with van der Waals surface area (Å²) in [5, 5.41) is 4.00. The van der Waals surface area contributed by atoms with Gasteiger partial charge in [-0.15, -0.1) is 0 Å². The SMILES string of the molecule is CC[C@H](C(=O)NC1CCCCC1)N(Cc1ccccc1)C(=O)COc1ccc(Cl)cc1Cl. The number of hydrogen-bond donors (Lipinski definition) is 1. The standard InChI is InChI=1S/C25H30Cl2N2O3/c1-2-22(25(31)28-20-11-7-4-8-12-20)29(16-18-9-5-3-6-10-18)24(30)17-32-23-14-13-19(26)15-21(23)27/h3,5-6,9-10,13-15,20,22H,2,4,7-8,11-12,16-17H2,1H3,(H,28,31)/t22-/m1/s1. The highest BCUT2D eigenvalue weighted by molar-refractivity contribution is 6.35. The number of rotatable bonds is 9. The van der Waals surface area contributed by atoms with Crippen molar-refractivity contribution in [1.82, 2.24) is 10.2 Å². The van der Waals surface area contributed by atoms with E-state index in [4.69, 9.17) is 27.9 Å². The Morgan fingerprint density at radius 3 is 2.47 bits per heavy atom. The zero-order valence-electron chi connectivity index (χ0n) is 18.4. The minimum atomic E-state index is -0.575. The molecule has 0 radical (unpaired) electrons. The predicted molar refractivity (Wildman–Crippen MR) is 128 cm³/mol. The Bertz CT molecular complexity index is 901. The van der Waals surface area contributed by atoms with Crippen molar-refractivity contribution in [2.45, 2.75) is 64.1 Å². The van der Waals surface area contributed by atoms with Gasteiger partial charge in [-0.2, -0.15) is 0 Å². The zero-order valence-corrected chi connectivity index (χ0v) is 19.9. The highest BCUT2D eigenvalue weighted by atomic mass is 35.5. The molecule has 2 amide bonds. The number of nitrogens with one attached hydrogen (secondary N) is 1. The van der Waals surface area contributed by atoms with Gasteiger partial charge in [-0.1, -0.05) is 79.7 Å². The molecule has 0 aromatic heterocycles. The number of hydrogen-bond acceptors (Lipinski definition) is 3. The van der Waals surface area contributed by atoms with Gasteiger partial charge in [0, 0.05) is 17.6 Å². The van der Waals surface area contributed by atoms with Crippen molar-refractivity contribution in [2.75, 3.05) is 6.61 Å². The fraction of sp³-hybridized carbons (Fsp3) is 0.440. The lowest BCUT2D eigenvalue weighted by Gasteiger charge is -2.32. The zero-order chi connectivity index (χ0) is 22.9. The molecule has 1 atom stereocenters. The maximum Gasteiger partial charge on any atom is 0.261 e. The van der Waals surface area contributed by atoms with Crippen LogP contribution in [0.5, 0.6) is 5.75 Å². The van der Waals surface area contributed by atoms with Crippen LogP contribution >= 0.6 is 23.2 Å². The van der Waals surface area contributed by atoms with Crippen LogP contribution in [-0.4, -0.2) is 35.4 Å². The van der Waals surface area contributed by atoms with Crippen LogP contribution in [0.2, 0.25) is 10.0 Å². The lowest BCUT2D eigenvalue weighted by Crippen LogP contribution is -2.52. The summed E-state index contributed by atoms with van der Waals surface area (Å²) in [6.45, 7) is 2.03. The first-order chi connectivity index (χ1) is 15.5. The second kappa shape index (κ2) is 12.1. The summed E-state index contributed by atoms with van der Waals surface area (Å²) in [6, 6.07) is 14.1. The van der Waals surface area contributed by atoms with Crippen LogP contribution in [0.15, 0.2) is 48.5 Å². The summed E-state index contributed by atoms with van der Waals surface area (Å²) >= 11 is 12.1. The number of ether oxygens (including phenoxy) is 1. The molecule has 1 fully saturated rings. The topological polar surface area (TPSA) is 58.6 Å². The summed E-state index contributed by atoms with van der Waals surface area (Å²) in [5.74, 6) is 0.00232. The number of nitrogens with zero attached hydrogens (tertiary/aromatic N) is 1. The average molecular weight is 477 g/mol. The molecule has 0 saturated heterocycles. The van der Waals surface area contributed by atoms with E-state index in [1.54, 1.807) is 23.1 Å². The van der Waals surface area contributed by atoms with Crippen molar-refractivity contribution in [3.8, 4) is 5.75 Å². The summed E-state index contributed by atoms with van der Waals surface area (Å²) in [4.78, 5) is 28.0. The van der Waals surface area contributed by atoms with Gasteiger partial charge in [-0.3, -0.25) is 9.59 Å². The highest BCUT2D eigenvalue weighted by Crippen LogP contribution is 2.27. The second-order valence-electron chi connectivity index (χ2n) is 8.14. The normalized spacial score (nSPS) is 15.1. The fourth-order valence-electron chi connectivity index (χ4n) is 4.06. The van der Waals surface area contributed by atoms with Gasteiger partial charge >= 0.3 is 0 Å². The quantitative estimate of drug-likeness (QED) is 0.510. The number of amides is 2. The third-order valence-electron chi connectivity index (χ3n) is 5.78. The summed E-state index contributed by atoms with van der Waals surface area (Å²) in [5.41, 5.74) is 0.953. The van der Waals surface area contributed by atoms with Crippen molar-refractivity contribution < 1.29 is 14.3 Å². The first kappa shape index (κ1) is 24.4. The molecule has 0 heterocycles. The number of carbonyl (C=O) groups is 2. The van der Waals surface area contributed by atoms with Crippen LogP contribution in [0.1, 0.15) is 51.0 Å². The van der Waals surface area contributed by atoms with Gasteiger partial charge < -0.3 is 15.0 Å². The smallest absolute Gasteiger partial charge is 0.261 e. The average Bonchev–Trinajstić information content (AvgIpc) is 2.79. The van der Waals surface area contributed by atoms with Crippen LogP contribution in [0.4, 0.5) is 0 Å². The molecule has 3 rings (SSSR count). The van der Waals surface area contributed by atoms with Crippen LogP contribution in [-0.2, 0) is 16.1 Å². The lowest BCUT2D eigenvalue weighted by molar-refractivity contribution is -0.143. The van der Waals surface area contributed by atoms with Crippen LogP contribution in [0.25, 0.3) is 0 Å². The Hall–Kier alpha value is -2.24. The number of benzene rings is 2. The molecule has 1 N–H and O–H groups in total. The van der Waals surface area contributed by atoms with Gasteiger partial charge in [0.25, 0.3) is 5.91 Å². The Kier molecular flexibility index (Phi) is 9.24. The molecule has 1 saturated carbocycles. The van der Waals surface area contributed by atoms with Crippen LogP contribution in [0, 0.1) is 0 Å². The number of carbonyl (C=O) groups excluding carboxylic acids is 2. The van der Waals surface area contributed by atoms with Crippen LogP contribution in [0.3, 0.4) is 0 Å². The molecule has 0 unspecified atom stereocenters. The third kappa shape index (κ3) is 6.88. The van der Waals surface area contributed by atoms with E-state index < -0.39 is 6.04 Å². The van der Waals surface area contributed by atoms with Gasteiger partial charge in [0.15, 0.2) is 6.61 Å². The summed E-state index contributed by atoms with van der Waals surface area (Å²) in [7, 11) is 0. The second-order valence-corrected chi connectivity index (χ2v) is 8.98. The van der Waals surface area contributed by atoms with Crippen LogP contribution < -0.4 is 10.1 Å². The summed E-state index contributed by atoms with van der Waals surface area (Å²) in [6.07, 6.45) is 5.97. The third-order valence-corrected chi connectivity index (χ3v) is 6.31. The van der Waals surface area contributed by atoms with E-state index in [0.717, 1.165) is 31.2 Å². The minimum absolute atomic E-state index is 0.104. The largest absolute Gasteiger partial charge is 0.482 e. The molecule has 32 heavy (non-hydrogen) atoms. The predicted octanol–water partition coefficient (Wildman–Crippen LogP) is 5.63. The van der Waals surface area contributed by atoms with Crippen molar-refractivity contribution >= 4 is 35.0 Å². The van der Waals surface area contributed by atoms with Gasteiger partial charge in [-0.25, -0.2) is 0 Å². The molecule has 0 aliphatic heterocycles. The van der Waals surface area contributed by atoms with Crippen molar-refractivity contribution in [3.05, 3.63) is 64.1 Å². The molecule has 172 valence electrons. The van der Waals surface area contributed by atoms with Gasteiger partial charge in [-0.05, 0) is 43.0 Å². The molecule has 2 aromatic carbocycles. The summed E-state index contributed by atoms with van der Waals surface area (Å²) < 4.78 is 5.68. The minimum Gasteiger partial charge on any atom is -0.482 e. The Morgan fingerprint density at radius 2 is 1.81 bits per heavy atom. The van der Waals surface area contributed by atoms with Crippen molar-refractivity contribution in [1.29, 1.82) is 0 Å². The number of halogens is 2. The molecular formula is C25H30Cl2N2O3. The van der Waals surface area contributed by atoms with Gasteiger partial charge in [0.1, 0.15) is 11.8 Å². The molecule has 0 bridgehead atoms. The Labute approximate surface area is 200 Å². The molecular weight excluding hydrogens is 447 g/mol. The van der Waals surface area contributed by atoms with E-state index in [1.165, 1.54) is 6.42 Å². The van der Waals surface area contributed by atoms with Gasteiger partial charge in [0.05, 0.1) is 5.02 Å². The molecule has 1 aliphatic carbocycles. The molecule has 0 spiro atoms. The van der Waals surface area contributed by atoms with Crippen molar-refractivity contribution in [3.63, 3.8) is 0 Å². The molecule has 5 nitrogen and oxygen atoms in total. The monoisotopic (exact) mass is 476 g/mol. The van der Waals surface area contributed by atoms with E-state index in [-0.39, 0.29) is 24.5 Å². The van der Waals surface area contributed by atoms with E-state index in [1.807, 2.05) is 37.3 Å². The first-order valence-electron chi connectivity index (χ1n) is 11.2. The maximum absolute atomic E-state index is 13.2. The maximum atomic E-state index is 13.2. The molecule has 1 aliphatic rings. The van der Waals surface area contributed by atoms with E-state index in [9.17, 15) is 9.59 Å². The molecule has 7 heteroatoms. The Balaban J connectivity index is 1.74. The van der Waals surface area contributed by atoms with Crippen molar-refractivity contribution in [2.24, 2.45) is 0 Å². The fourth-order valence-corrected chi connectivity index (χ4v) is 4.52. The Morgan fingerprint density at radius 1 is 1.09 bits per heavy atom.